The van der Waals surface area contributed by atoms with Crippen LogP contribution in [0.1, 0.15) is 50.4 Å². The summed E-state index contributed by atoms with van der Waals surface area (Å²) in [7, 11) is 0. The van der Waals surface area contributed by atoms with Crippen molar-refractivity contribution in [3.05, 3.63) is 35.4 Å². The van der Waals surface area contributed by atoms with Crippen molar-refractivity contribution in [2.45, 2.75) is 58.3 Å². The Morgan fingerprint density at radius 2 is 1.85 bits per heavy atom. The first-order chi connectivity index (χ1) is 9.58. The molecule has 4 unspecified atom stereocenters. The molecule has 0 aromatic heterocycles. The van der Waals surface area contributed by atoms with Crippen LogP contribution in [0, 0.1) is 12.8 Å². The molecule has 0 bridgehead atoms. The minimum absolute atomic E-state index is 0.0450. The fourth-order valence-corrected chi connectivity index (χ4v) is 3.64. The molecule has 3 rings (SSSR count). The molecule has 2 aliphatic rings. The van der Waals surface area contributed by atoms with Gasteiger partial charge in [0, 0.05) is 6.04 Å². The highest BCUT2D eigenvalue weighted by molar-refractivity contribution is 5.84. The van der Waals surface area contributed by atoms with Crippen molar-refractivity contribution in [1.82, 2.24) is 10.2 Å². The zero-order valence-electron chi connectivity index (χ0n) is 12.6. The molecule has 2 fully saturated rings. The standard InChI is InChI=1S/C17H24N2O/c1-11-7-9-14(10-8-11)16-18-13(3)17(20)19(16)15-6-4-5-12(15)2/h7-10,12-13,15-16,18H,4-6H2,1-3H3. The Morgan fingerprint density at radius 3 is 2.45 bits per heavy atom. The van der Waals surface area contributed by atoms with Gasteiger partial charge in [0.05, 0.1) is 6.04 Å². The zero-order chi connectivity index (χ0) is 14.3. The van der Waals surface area contributed by atoms with E-state index in [0.717, 1.165) is 6.42 Å². The van der Waals surface area contributed by atoms with Crippen molar-refractivity contribution >= 4 is 5.91 Å². The molecular weight excluding hydrogens is 248 g/mol. The van der Waals surface area contributed by atoms with Crippen LogP contribution in [0.3, 0.4) is 0 Å². The van der Waals surface area contributed by atoms with Gasteiger partial charge in [-0.15, -0.1) is 0 Å². The van der Waals surface area contributed by atoms with E-state index in [1.165, 1.54) is 24.0 Å². The number of carbonyl (C=O) groups is 1. The average molecular weight is 272 g/mol. The van der Waals surface area contributed by atoms with E-state index in [2.05, 4.69) is 48.3 Å². The van der Waals surface area contributed by atoms with Gasteiger partial charge in [0.15, 0.2) is 0 Å². The van der Waals surface area contributed by atoms with Crippen LogP contribution in [0.25, 0.3) is 0 Å². The van der Waals surface area contributed by atoms with E-state index >= 15 is 0 Å². The van der Waals surface area contributed by atoms with Gasteiger partial charge < -0.3 is 4.90 Å². The van der Waals surface area contributed by atoms with Crippen LogP contribution in [0.5, 0.6) is 0 Å². The fourth-order valence-electron chi connectivity index (χ4n) is 3.64. The quantitative estimate of drug-likeness (QED) is 0.897. The summed E-state index contributed by atoms with van der Waals surface area (Å²) in [4.78, 5) is 14.7. The number of aryl methyl sites for hydroxylation is 1. The Bertz CT molecular complexity index is 496. The Hall–Kier alpha value is -1.35. The fraction of sp³-hybridized carbons (Fsp3) is 0.588. The maximum absolute atomic E-state index is 12.6. The number of hydrogen-bond acceptors (Lipinski definition) is 2. The highest BCUT2D eigenvalue weighted by atomic mass is 16.2. The van der Waals surface area contributed by atoms with Crippen molar-refractivity contribution < 1.29 is 4.79 Å². The van der Waals surface area contributed by atoms with Crippen LogP contribution >= 0.6 is 0 Å². The Morgan fingerprint density at radius 1 is 1.15 bits per heavy atom. The van der Waals surface area contributed by atoms with E-state index in [9.17, 15) is 4.79 Å². The summed E-state index contributed by atoms with van der Waals surface area (Å²) in [6, 6.07) is 8.86. The molecule has 1 saturated carbocycles. The molecule has 1 aromatic rings. The van der Waals surface area contributed by atoms with Gasteiger partial charge in [0.1, 0.15) is 6.17 Å². The van der Waals surface area contributed by atoms with Crippen molar-refractivity contribution in [2.24, 2.45) is 5.92 Å². The lowest BCUT2D eigenvalue weighted by atomic mass is 10.0. The molecule has 108 valence electrons. The number of nitrogens with zero attached hydrogens (tertiary/aromatic N) is 1. The number of nitrogens with one attached hydrogen (secondary N) is 1. The molecule has 1 N–H and O–H groups in total. The molecule has 3 nitrogen and oxygen atoms in total. The monoisotopic (exact) mass is 272 g/mol. The normalized spacial score (nSPS) is 34.0. The number of carbonyl (C=O) groups excluding carboxylic acids is 1. The Kier molecular flexibility index (Phi) is 3.55. The van der Waals surface area contributed by atoms with Gasteiger partial charge in [0.25, 0.3) is 0 Å². The van der Waals surface area contributed by atoms with Crippen LogP contribution in [-0.2, 0) is 4.79 Å². The first kappa shape index (κ1) is 13.6. The van der Waals surface area contributed by atoms with E-state index in [-0.39, 0.29) is 18.1 Å². The highest BCUT2D eigenvalue weighted by Crippen LogP contribution is 2.37. The van der Waals surface area contributed by atoms with Crippen LogP contribution < -0.4 is 5.32 Å². The van der Waals surface area contributed by atoms with E-state index in [1.54, 1.807) is 0 Å². The topological polar surface area (TPSA) is 32.3 Å². The lowest BCUT2D eigenvalue weighted by Crippen LogP contribution is -2.41. The second-order valence-electron chi connectivity index (χ2n) is 6.42. The maximum Gasteiger partial charge on any atom is 0.241 e. The molecule has 1 amide bonds. The predicted octanol–water partition coefficient (Wildman–Crippen LogP) is 3.00. The van der Waals surface area contributed by atoms with E-state index in [1.807, 2.05) is 6.92 Å². The van der Waals surface area contributed by atoms with Gasteiger partial charge in [-0.3, -0.25) is 10.1 Å². The molecule has 0 spiro atoms. The smallest absolute Gasteiger partial charge is 0.241 e. The van der Waals surface area contributed by atoms with Crippen LogP contribution in [0.2, 0.25) is 0 Å². The third kappa shape index (κ3) is 2.24. The van der Waals surface area contributed by atoms with E-state index in [4.69, 9.17) is 0 Å². The molecule has 1 heterocycles. The molecular formula is C17H24N2O. The van der Waals surface area contributed by atoms with Gasteiger partial charge in [-0.05, 0) is 38.2 Å². The van der Waals surface area contributed by atoms with Gasteiger partial charge in [-0.25, -0.2) is 0 Å². The zero-order valence-corrected chi connectivity index (χ0v) is 12.6. The summed E-state index contributed by atoms with van der Waals surface area (Å²) >= 11 is 0. The molecule has 1 aliphatic heterocycles. The first-order valence-electron chi connectivity index (χ1n) is 7.72. The number of benzene rings is 1. The molecule has 4 atom stereocenters. The lowest BCUT2D eigenvalue weighted by Gasteiger charge is -2.33. The van der Waals surface area contributed by atoms with Crippen molar-refractivity contribution in [2.75, 3.05) is 0 Å². The summed E-state index contributed by atoms with van der Waals surface area (Å²) in [5.74, 6) is 0.869. The number of amides is 1. The first-order valence-corrected chi connectivity index (χ1v) is 7.72. The van der Waals surface area contributed by atoms with Gasteiger partial charge in [0.2, 0.25) is 5.91 Å². The summed E-state index contributed by atoms with van der Waals surface area (Å²) in [5.41, 5.74) is 2.46. The third-order valence-electron chi connectivity index (χ3n) is 4.88. The minimum atomic E-state index is -0.0749. The molecule has 20 heavy (non-hydrogen) atoms. The van der Waals surface area contributed by atoms with Crippen LogP contribution in [-0.4, -0.2) is 22.9 Å². The van der Waals surface area contributed by atoms with Crippen molar-refractivity contribution in [3.8, 4) is 0 Å². The second-order valence-corrected chi connectivity index (χ2v) is 6.42. The molecule has 1 saturated heterocycles. The molecule has 3 heteroatoms. The van der Waals surface area contributed by atoms with Gasteiger partial charge >= 0.3 is 0 Å². The second kappa shape index (κ2) is 5.21. The Labute approximate surface area is 121 Å². The molecule has 0 radical (unpaired) electrons. The molecule has 1 aliphatic carbocycles. The van der Waals surface area contributed by atoms with Crippen LogP contribution in [0.4, 0.5) is 0 Å². The maximum atomic E-state index is 12.6. The highest BCUT2D eigenvalue weighted by Gasteiger charge is 2.43. The Balaban J connectivity index is 1.91. The van der Waals surface area contributed by atoms with Gasteiger partial charge in [-0.1, -0.05) is 43.2 Å². The number of rotatable bonds is 2. The summed E-state index contributed by atoms with van der Waals surface area (Å²) < 4.78 is 0. The summed E-state index contributed by atoms with van der Waals surface area (Å²) in [6.45, 7) is 6.35. The van der Waals surface area contributed by atoms with Crippen LogP contribution in [0.15, 0.2) is 24.3 Å². The summed E-state index contributed by atoms with van der Waals surface area (Å²) in [6.07, 6.45) is 3.67. The third-order valence-corrected chi connectivity index (χ3v) is 4.88. The number of hydrogen-bond donors (Lipinski definition) is 1. The lowest BCUT2D eigenvalue weighted by molar-refractivity contribution is -0.132. The largest absolute Gasteiger partial charge is 0.318 e. The average Bonchev–Trinajstić information content (AvgIpc) is 2.96. The molecule has 1 aromatic carbocycles. The SMILES string of the molecule is Cc1ccc(C2NC(C)C(=O)N2C2CCCC2C)cc1. The van der Waals surface area contributed by atoms with E-state index in [0.29, 0.717) is 12.0 Å². The van der Waals surface area contributed by atoms with Crippen molar-refractivity contribution in [1.29, 1.82) is 0 Å². The van der Waals surface area contributed by atoms with Crippen molar-refractivity contribution in [3.63, 3.8) is 0 Å². The predicted molar refractivity (Wildman–Crippen MR) is 80.2 cm³/mol. The van der Waals surface area contributed by atoms with Gasteiger partial charge in [-0.2, -0.15) is 0 Å². The minimum Gasteiger partial charge on any atom is -0.318 e. The summed E-state index contributed by atoms with van der Waals surface area (Å²) in [5, 5.41) is 3.46. The van der Waals surface area contributed by atoms with E-state index < -0.39 is 0 Å².